The Kier molecular flexibility index (Phi) is 2.98. The third-order valence-electron chi connectivity index (χ3n) is 2.77. The first-order chi connectivity index (χ1) is 8.00. The molecule has 0 spiro atoms. The van der Waals surface area contributed by atoms with Crippen LogP contribution in [0.4, 0.5) is 0 Å². The molecule has 1 N–H and O–H groups in total. The van der Waals surface area contributed by atoms with Crippen LogP contribution < -0.4 is 0 Å². The van der Waals surface area contributed by atoms with Gasteiger partial charge in [-0.25, -0.2) is 0 Å². The fraction of sp³-hybridized carbons (Fsp3) is 0.533. The molecule has 0 amide bonds. The highest BCUT2D eigenvalue weighted by atomic mass is 16.3. The van der Waals surface area contributed by atoms with Crippen molar-refractivity contribution in [1.29, 1.82) is 0 Å². The molecule has 0 atom stereocenters. The van der Waals surface area contributed by atoms with Gasteiger partial charge in [0.15, 0.2) is 6.29 Å². The highest BCUT2D eigenvalue weighted by Crippen LogP contribution is 2.35. The largest absolute Gasteiger partial charge is 0.508 e. The molecule has 0 saturated heterocycles. The maximum atomic E-state index is 11.4. The summed E-state index contributed by atoms with van der Waals surface area (Å²) in [4.78, 5) is 11.4. The number of carbonyl (C=O) groups excluding carboxylic acids is 1. The average molecular weight is 235 g/mol. The van der Waals surface area contributed by atoms with Crippen molar-refractivity contribution < 1.29 is 11.3 Å². The van der Waals surface area contributed by atoms with Crippen molar-refractivity contribution in [2.24, 2.45) is 0 Å². The van der Waals surface area contributed by atoms with Crippen molar-refractivity contribution in [2.45, 2.75) is 52.4 Å². The standard InChI is InChI=1S/C15H22O2/c1-14(2,3)12-7-10(17)8-13(11(12)9-16)15(4,5)6/h7-9,17H,1-6H3/i7D. The third-order valence-corrected chi connectivity index (χ3v) is 2.77. The lowest BCUT2D eigenvalue weighted by Gasteiger charge is -2.28. The van der Waals surface area contributed by atoms with Gasteiger partial charge in [-0.15, -0.1) is 0 Å². The lowest BCUT2D eigenvalue weighted by Crippen LogP contribution is -2.20. The molecule has 1 aromatic rings. The number of hydrogen-bond donors (Lipinski definition) is 1. The van der Waals surface area contributed by atoms with Crippen LogP contribution in [-0.2, 0) is 10.8 Å². The predicted molar refractivity (Wildman–Crippen MR) is 70.9 cm³/mol. The molecule has 0 aliphatic carbocycles. The number of phenols is 1. The first kappa shape index (κ1) is 12.2. The Morgan fingerprint density at radius 2 is 1.59 bits per heavy atom. The van der Waals surface area contributed by atoms with E-state index >= 15 is 0 Å². The minimum atomic E-state index is -0.355. The summed E-state index contributed by atoms with van der Waals surface area (Å²) < 4.78 is 7.99. The Labute approximate surface area is 105 Å². The maximum Gasteiger partial charge on any atom is 0.150 e. The summed E-state index contributed by atoms with van der Waals surface area (Å²) in [5.41, 5.74) is 1.34. The summed E-state index contributed by atoms with van der Waals surface area (Å²) in [5, 5.41) is 9.92. The van der Waals surface area contributed by atoms with Gasteiger partial charge in [-0.05, 0) is 34.1 Å². The summed E-state index contributed by atoms with van der Waals surface area (Å²) in [6.07, 6.45) is 0.804. The quantitative estimate of drug-likeness (QED) is 0.752. The number of aldehydes is 1. The van der Waals surface area contributed by atoms with Gasteiger partial charge in [-0.2, -0.15) is 0 Å². The molecule has 0 fully saturated rings. The predicted octanol–water partition coefficient (Wildman–Crippen LogP) is 3.80. The van der Waals surface area contributed by atoms with E-state index < -0.39 is 0 Å². The first-order valence-electron chi connectivity index (χ1n) is 6.33. The van der Waals surface area contributed by atoms with Gasteiger partial charge in [0.2, 0.25) is 0 Å². The number of benzene rings is 1. The Balaban J connectivity index is 3.80. The van der Waals surface area contributed by atoms with Crippen molar-refractivity contribution in [3.8, 4) is 5.75 Å². The van der Waals surface area contributed by atoms with E-state index in [1.807, 2.05) is 41.5 Å². The fourth-order valence-electron chi connectivity index (χ4n) is 1.92. The Hall–Kier alpha value is -1.31. The summed E-state index contributed by atoms with van der Waals surface area (Å²) in [7, 11) is 0. The lowest BCUT2D eigenvalue weighted by molar-refractivity contribution is 0.111. The van der Waals surface area contributed by atoms with E-state index in [9.17, 15) is 9.90 Å². The van der Waals surface area contributed by atoms with Gasteiger partial charge in [-0.3, -0.25) is 4.79 Å². The van der Waals surface area contributed by atoms with Crippen molar-refractivity contribution in [3.63, 3.8) is 0 Å². The molecule has 2 nitrogen and oxygen atoms in total. The number of hydrogen-bond acceptors (Lipinski definition) is 2. The summed E-state index contributed by atoms with van der Waals surface area (Å²) in [5.74, 6) is -0.0598. The van der Waals surface area contributed by atoms with E-state index in [4.69, 9.17) is 1.37 Å². The second-order valence-corrected chi connectivity index (χ2v) is 6.47. The zero-order chi connectivity index (χ0) is 14.3. The number of carbonyl (C=O) groups is 1. The van der Waals surface area contributed by atoms with Gasteiger partial charge in [-0.1, -0.05) is 41.5 Å². The monoisotopic (exact) mass is 235 g/mol. The smallest absolute Gasteiger partial charge is 0.150 e. The SMILES string of the molecule is [2H]c1c(O)cc(C(C)(C)C)c(C=O)c1C(C)(C)C. The molecule has 0 aliphatic heterocycles. The van der Waals surface area contributed by atoms with Crippen molar-refractivity contribution >= 4 is 6.29 Å². The number of phenolic OH excluding ortho intramolecular Hbond substituents is 1. The molecule has 0 bridgehead atoms. The van der Waals surface area contributed by atoms with Crippen LogP contribution in [0.25, 0.3) is 0 Å². The second-order valence-electron chi connectivity index (χ2n) is 6.47. The van der Waals surface area contributed by atoms with E-state index in [2.05, 4.69) is 0 Å². The third kappa shape index (κ3) is 2.87. The molecule has 0 saturated carbocycles. The molecular weight excluding hydrogens is 212 g/mol. The zero-order valence-corrected chi connectivity index (χ0v) is 11.5. The van der Waals surface area contributed by atoms with E-state index in [1.165, 1.54) is 0 Å². The summed E-state index contributed by atoms with van der Waals surface area (Å²) >= 11 is 0. The van der Waals surface area contributed by atoms with Crippen LogP contribution in [0.1, 0.15) is 64.4 Å². The Morgan fingerprint density at radius 1 is 1.12 bits per heavy atom. The van der Waals surface area contributed by atoms with E-state index in [0.29, 0.717) is 11.1 Å². The number of rotatable bonds is 1. The van der Waals surface area contributed by atoms with Crippen molar-refractivity contribution in [2.75, 3.05) is 0 Å². The normalized spacial score (nSPS) is 13.4. The van der Waals surface area contributed by atoms with Gasteiger partial charge < -0.3 is 5.11 Å². The van der Waals surface area contributed by atoms with Crippen LogP contribution >= 0.6 is 0 Å². The van der Waals surface area contributed by atoms with Gasteiger partial charge in [0, 0.05) is 5.56 Å². The molecule has 1 aromatic carbocycles. The van der Waals surface area contributed by atoms with Crippen LogP contribution in [0.3, 0.4) is 0 Å². The minimum Gasteiger partial charge on any atom is -0.508 e. The lowest BCUT2D eigenvalue weighted by atomic mass is 9.76. The van der Waals surface area contributed by atoms with Crippen molar-refractivity contribution in [3.05, 3.63) is 28.8 Å². The molecule has 1 rings (SSSR count). The van der Waals surface area contributed by atoms with Gasteiger partial charge >= 0.3 is 0 Å². The fourth-order valence-corrected chi connectivity index (χ4v) is 1.92. The van der Waals surface area contributed by atoms with Gasteiger partial charge in [0.05, 0.1) is 1.37 Å². The molecule has 0 heterocycles. The molecule has 17 heavy (non-hydrogen) atoms. The van der Waals surface area contributed by atoms with E-state index in [0.717, 1.165) is 11.8 Å². The van der Waals surface area contributed by atoms with Crippen LogP contribution in [0.5, 0.6) is 5.75 Å². The molecule has 2 heteroatoms. The maximum absolute atomic E-state index is 11.4. The summed E-state index contributed by atoms with van der Waals surface area (Å²) in [6.45, 7) is 11.8. The number of aromatic hydroxyl groups is 1. The Bertz CT molecular complexity index is 477. The first-order valence-corrected chi connectivity index (χ1v) is 5.83. The van der Waals surface area contributed by atoms with Crippen molar-refractivity contribution in [1.82, 2.24) is 0 Å². The Morgan fingerprint density at radius 3 is 1.94 bits per heavy atom. The molecule has 0 unspecified atom stereocenters. The topological polar surface area (TPSA) is 37.3 Å². The van der Waals surface area contributed by atoms with Crippen LogP contribution in [0.2, 0.25) is 0 Å². The molecule has 0 aliphatic rings. The molecular formula is C15H22O2. The van der Waals surface area contributed by atoms with Crippen LogP contribution in [-0.4, -0.2) is 11.4 Å². The molecule has 0 radical (unpaired) electrons. The highest BCUT2D eigenvalue weighted by molar-refractivity contribution is 5.82. The van der Waals surface area contributed by atoms with Gasteiger partial charge in [0.1, 0.15) is 5.75 Å². The second kappa shape index (κ2) is 4.17. The van der Waals surface area contributed by atoms with Crippen LogP contribution in [0.15, 0.2) is 12.1 Å². The minimum absolute atomic E-state index is 0.0533. The highest BCUT2D eigenvalue weighted by Gasteiger charge is 2.26. The van der Waals surface area contributed by atoms with Gasteiger partial charge in [0.25, 0.3) is 0 Å². The van der Waals surface area contributed by atoms with E-state index in [1.54, 1.807) is 6.07 Å². The zero-order valence-electron chi connectivity index (χ0n) is 12.5. The molecule has 0 aromatic heterocycles. The molecule has 94 valence electrons. The van der Waals surface area contributed by atoms with Crippen LogP contribution in [0, 0.1) is 0 Å². The average Bonchev–Trinajstić information content (AvgIpc) is 2.17. The summed E-state index contributed by atoms with van der Waals surface area (Å²) in [6, 6.07) is 1.60. The van der Waals surface area contributed by atoms with E-state index in [-0.39, 0.29) is 22.6 Å².